The van der Waals surface area contributed by atoms with Crippen molar-refractivity contribution >= 4 is 35.6 Å². The molecule has 0 aliphatic heterocycles. The minimum Gasteiger partial charge on any atom is -0.458 e. The van der Waals surface area contributed by atoms with E-state index in [1.54, 1.807) is 60.7 Å². The van der Waals surface area contributed by atoms with Gasteiger partial charge in [-0.15, -0.1) is 0 Å². The van der Waals surface area contributed by atoms with Crippen molar-refractivity contribution in [1.29, 1.82) is 0 Å². The number of hydrogen-bond acceptors (Lipinski definition) is 3. The van der Waals surface area contributed by atoms with Gasteiger partial charge < -0.3 is 9.16 Å². The highest BCUT2D eigenvalue weighted by molar-refractivity contribution is 7.87. The first-order chi connectivity index (χ1) is 16.7. The number of carbonyl (C=O) groups is 1. The number of esters is 1. The number of benzene rings is 2. The Bertz CT molecular complexity index is 1010. The smallest absolute Gasteiger partial charge is 0.347 e. The second kappa shape index (κ2) is 11.0. The molecule has 2 unspecified atom stereocenters. The molecule has 2 aromatic carbocycles. The van der Waals surface area contributed by atoms with Gasteiger partial charge in [0.1, 0.15) is 12.2 Å². The first kappa shape index (κ1) is 31.7. The van der Waals surface area contributed by atoms with E-state index in [1.807, 2.05) is 0 Å². The molecule has 37 heavy (non-hydrogen) atoms. The SMILES string of the molecule is CC(O[Si]([Si](C)(C)C)([Si](C)(C)C)[Si](C)(C)C)(c1ccccc1)C(F)(F)C(F)C(=O)OCc1ccccc1. The number of ether oxygens (including phenoxy) is 1. The van der Waals surface area contributed by atoms with Crippen LogP contribution >= 0.6 is 0 Å². The van der Waals surface area contributed by atoms with E-state index >= 15 is 13.2 Å². The molecule has 10 heteroatoms. The minimum atomic E-state index is -4.17. The Morgan fingerprint density at radius 3 is 1.59 bits per heavy atom. The molecule has 0 spiro atoms. The molecule has 206 valence electrons. The second-order valence-electron chi connectivity index (χ2n) is 13.0. The average Bonchev–Trinajstić information content (AvgIpc) is 2.78. The fraction of sp³-hybridized carbons (Fsp3) is 0.519. The summed E-state index contributed by atoms with van der Waals surface area (Å²) in [6, 6.07) is 16.7. The fourth-order valence-corrected chi connectivity index (χ4v) is 101. The molecule has 0 N–H and O–H groups in total. The lowest BCUT2D eigenvalue weighted by molar-refractivity contribution is -0.214. The molecule has 0 aliphatic carbocycles. The van der Waals surface area contributed by atoms with Gasteiger partial charge in [0.2, 0.25) is 0 Å². The molecule has 2 atom stereocenters. The van der Waals surface area contributed by atoms with Crippen LogP contribution in [0.5, 0.6) is 0 Å². The van der Waals surface area contributed by atoms with E-state index in [2.05, 4.69) is 58.9 Å². The maximum absolute atomic E-state index is 16.5. The van der Waals surface area contributed by atoms with Gasteiger partial charge in [-0.1, -0.05) is 120 Å². The third-order valence-electron chi connectivity index (χ3n) is 7.24. The Kier molecular flexibility index (Phi) is 9.40. The molecule has 3 nitrogen and oxygen atoms in total. The highest BCUT2D eigenvalue weighted by Gasteiger charge is 2.70. The quantitative estimate of drug-likeness (QED) is 0.199. The summed E-state index contributed by atoms with van der Waals surface area (Å²) in [5.74, 6) is -5.75. The zero-order valence-electron chi connectivity index (χ0n) is 23.9. The van der Waals surface area contributed by atoms with E-state index in [9.17, 15) is 4.79 Å². The van der Waals surface area contributed by atoms with E-state index in [0.717, 1.165) is 0 Å². The zero-order valence-corrected chi connectivity index (χ0v) is 27.9. The van der Waals surface area contributed by atoms with Crippen LogP contribution in [0.1, 0.15) is 18.1 Å². The lowest BCUT2D eigenvalue weighted by atomic mass is 9.86. The highest BCUT2D eigenvalue weighted by Crippen LogP contribution is 2.50. The molecule has 2 aromatic rings. The van der Waals surface area contributed by atoms with Crippen LogP contribution in [0.4, 0.5) is 13.2 Å². The van der Waals surface area contributed by atoms with Crippen LogP contribution in [-0.4, -0.2) is 47.7 Å². The normalized spacial score (nSPS) is 16.1. The van der Waals surface area contributed by atoms with Gasteiger partial charge in [0, 0.05) is 0 Å². The van der Waals surface area contributed by atoms with Gasteiger partial charge in [0.15, 0.2) is 6.87 Å². The van der Waals surface area contributed by atoms with Gasteiger partial charge in [-0.05, 0) is 18.1 Å². The third-order valence-corrected chi connectivity index (χ3v) is 74.7. The minimum absolute atomic E-state index is 0.171. The maximum atomic E-state index is 16.5. The topological polar surface area (TPSA) is 35.5 Å². The second-order valence-corrected chi connectivity index (χ2v) is 52.4. The summed E-state index contributed by atoms with van der Waals surface area (Å²) in [4.78, 5) is 12.7. The zero-order chi connectivity index (χ0) is 28.5. The molecule has 0 heterocycles. The molecular weight excluding hydrogens is 542 g/mol. The lowest BCUT2D eigenvalue weighted by Crippen LogP contribution is -2.86. The fourth-order valence-electron chi connectivity index (χ4n) is 6.41. The van der Waals surface area contributed by atoms with Crippen molar-refractivity contribution in [2.45, 2.75) is 90.1 Å². The molecule has 0 fully saturated rings. The van der Waals surface area contributed by atoms with E-state index in [1.165, 1.54) is 6.92 Å². The summed E-state index contributed by atoms with van der Waals surface area (Å²) < 4.78 is 60.7. The Morgan fingerprint density at radius 2 is 1.19 bits per heavy atom. The van der Waals surface area contributed by atoms with Crippen molar-refractivity contribution in [1.82, 2.24) is 0 Å². The van der Waals surface area contributed by atoms with E-state index < -0.39 is 53.3 Å². The van der Waals surface area contributed by atoms with E-state index in [4.69, 9.17) is 9.16 Å². The first-order valence-corrected chi connectivity index (χ1v) is 28.1. The third kappa shape index (κ3) is 6.08. The van der Waals surface area contributed by atoms with Crippen LogP contribution in [0, 0.1) is 0 Å². The first-order valence-electron chi connectivity index (χ1n) is 12.7. The van der Waals surface area contributed by atoms with Crippen LogP contribution < -0.4 is 0 Å². The molecule has 0 saturated heterocycles. The van der Waals surface area contributed by atoms with Gasteiger partial charge >= 0.3 is 11.9 Å². The Balaban J connectivity index is 2.66. The molecule has 0 bridgehead atoms. The number of alkyl halides is 3. The van der Waals surface area contributed by atoms with Crippen molar-refractivity contribution in [2.75, 3.05) is 0 Å². The van der Waals surface area contributed by atoms with Crippen LogP contribution in [0.2, 0.25) is 58.9 Å². The average molecular weight is 585 g/mol. The molecule has 0 aromatic heterocycles. The van der Waals surface area contributed by atoms with Crippen molar-refractivity contribution in [3.63, 3.8) is 0 Å². The Hall–Kier alpha value is -1.47. The van der Waals surface area contributed by atoms with Crippen LogP contribution in [0.25, 0.3) is 0 Å². The van der Waals surface area contributed by atoms with Crippen LogP contribution in [0.15, 0.2) is 60.7 Å². The summed E-state index contributed by atoms with van der Waals surface area (Å²) in [6.45, 7) is 18.0. The summed E-state index contributed by atoms with van der Waals surface area (Å²) in [5, 5.41) is 0. The van der Waals surface area contributed by atoms with Gasteiger partial charge in [-0.3, -0.25) is 0 Å². The van der Waals surface area contributed by atoms with Gasteiger partial charge in [-0.25, -0.2) is 9.18 Å². The largest absolute Gasteiger partial charge is 0.458 e. The summed E-state index contributed by atoms with van der Waals surface area (Å²) in [7, 11) is -6.55. The van der Waals surface area contributed by atoms with Crippen molar-refractivity contribution in [3.8, 4) is 0 Å². The van der Waals surface area contributed by atoms with Gasteiger partial charge in [-0.2, -0.15) is 8.78 Å². The Morgan fingerprint density at radius 1 is 0.784 bits per heavy atom. The maximum Gasteiger partial charge on any atom is 0.347 e. The number of carbonyl (C=O) groups excluding carboxylic acids is 1. The molecule has 0 amide bonds. The monoisotopic (exact) mass is 584 g/mol. The number of rotatable bonds is 11. The van der Waals surface area contributed by atoms with E-state index in [-0.39, 0.29) is 12.2 Å². The van der Waals surface area contributed by atoms with Gasteiger partial charge in [0.05, 0.1) is 22.8 Å². The van der Waals surface area contributed by atoms with Crippen molar-refractivity contribution < 1.29 is 27.1 Å². The van der Waals surface area contributed by atoms with Crippen molar-refractivity contribution in [3.05, 3.63) is 71.8 Å². The molecule has 2 rings (SSSR count). The predicted octanol–water partition coefficient (Wildman–Crippen LogP) is 7.83. The summed E-state index contributed by atoms with van der Waals surface area (Å²) in [5.41, 5.74) is -1.58. The summed E-state index contributed by atoms with van der Waals surface area (Å²) in [6.07, 6.45) is -3.18. The molecule has 0 aliphatic rings. The Labute approximate surface area is 224 Å². The lowest BCUT2D eigenvalue weighted by Gasteiger charge is -2.60. The van der Waals surface area contributed by atoms with Crippen LogP contribution in [0.3, 0.4) is 0 Å². The van der Waals surface area contributed by atoms with E-state index in [0.29, 0.717) is 5.56 Å². The highest BCUT2D eigenvalue weighted by atomic mass is 29.9. The van der Waals surface area contributed by atoms with Crippen molar-refractivity contribution in [2.24, 2.45) is 0 Å². The molecule has 0 radical (unpaired) electrons. The van der Waals surface area contributed by atoms with Crippen LogP contribution in [-0.2, 0) is 26.2 Å². The number of halogens is 3. The summed E-state index contributed by atoms with van der Waals surface area (Å²) >= 11 is 0. The molecular formula is C27H43F3O3Si4. The van der Waals surface area contributed by atoms with Gasteiger partial charge in [0.25, 0.3) is 6.17 Å². The standard InChI is InChI=1S/C27H43F3O3Si4/c1-26(23-19-15-12-16-20-23,33-37(34(2,3)4,35(5,6)7)36(8,9)10)27(29,30)24(28)25(31)32-21-22-17-13-11-14-18-22/h11-20,24H,21H2,1-10H3. The molecule has 0 saturated carbocycles. The predicted molar refractivity (Wildman–Crippen MR) is 157 cm³/mol. The number of hydrogen-bond donors (Lipinski definition) is 0.